The molecular formula is C22H16N2OS. The molecule has 0 spiro atoms. The molecule has 1 heterocycles. The maximum atomic E-state index is 12.6. The van der Waals surface area contributed by atoms with Crippen LogP contribution in [0.1, 0.15) is 15.9 Å². The fourth-order valence-electron chi connectivity index (χ4n) is 2.98. The summed E-state index contributed by atoms with van der Waals surface area (Å²) < 4.78 is 3.02. The van der Waals surface area contributed by atoms with Gasteiger partial charge in [0.05, 0.1) is 16.8 Å². The average Bonchev–Trinajstić information content (AvgIpc) is 3.00. The van der Waals surface area contributed by atoms with Gasteiger partial charge in [0, 0.05) is 10.9 Å². The number of aryl methyl sites for hydroxylation is 1. The summed E-state index contributed by atoms with van der Waals surface area (Å²) in [6.07, 6.45) is 5.56. The number of benzene rings is 3. The number of hydrogen-bond donors (Lipinski definition) is 0. The maximum absolute atomic E-state index is 12.6. The van der Waals surface area contributed by atoms with Gasteiger partial charge >= 0.3 is 0 Å². The van der Waals surface area contributed by atoms with Crippen LogP contribution in [0.3, 0.4) is 0 Å². The molecule has 0 fully saturated rings. The first-order valence-electron chi connectivity index (χ1n) is 8.27. The Morgan fingerprint density at radius 1 is 1.12 bits per heavy atom. The number of nitrogens with zero attached hydrogens (tertiary/aromatic N) is 2. The Kier molecular flexibility index (Phi) is 4.16. The largest absolute Gasteiger partial charge is 0.305 e. The highest BCUT2D eigenvalue weighted by Crippen LogP contribution is 2.27. The highest BCUT2D eigenvalue weighted by molar-refractivity contribution is 7.17. The minimum absolute atomic E-state index is 0.258. The van der Waals surface area contributed by atoms with Crippen LogP contribution in [-0.4, -0.2) is 10.5 Å². The first-order valence-corrected chi connectivity index (χ1v) is 9.09. The van der Waals surface area contributed by atoms with Crippen LogP contribution in [0.25, 0.3) is 21.0 Å². The molecule has 4 rings (SSSR count). The molecule has 1 aromatic heterocycles. The Morgan fingerprint density at radius 3 is 2.65 bits per heavy atom. The summed E-state index contributed by atoms with van der Waals surface area (Å²) in [4.78, 5) is 17.6. The van der Waals surface area contributed by atoms with E-state index in [0.717, 1.165) is 26.6 Å². The van der Waals surface area contributed by atoms with Gasteiger partial charge < -0.3 is 4.57 Å². The highest BCUT2D eigenvalue weighted by atomic mass is 32.1. The molecule has 0 radical (unpaired) electrons. The minimum Gasteiger partial charge on any atom is -0.305 e. The Labute approximate surface area is 155 Å². The number of hydrogen-bond acceptors (Lipinski definition) is 2. The summed E-state index contributed by atoms with van der Waals surface area (Å²) in [6.45, 7) is 2.36. The van der Waals surface area contributed by atoms with Crippen molar-refractivity contribution in [2.75, 3.05) is 0 Å². The maximum Gasteiger partial charge on any atom is 0.279 e. The van der Waals surface area contributed by atoms with Gasteiger partial charge in [-0.15, -0.1) is 6.42 Å². The molecule has 0 saturated heterocycles. The predicted octanol–water partition coefficient (Wildman–Crippen LogP) is 4.54. The third-order valence-electron chi connectivity index (χ3n) is 4.32. The quantitative estimate of drug-likeness (QED) is 0.486. The SMILES string of the molecule is C#CCn1c(=NC(=O)c2ccc(C)cc2)sc2c3ccccc3ccc21. The third-order valence-corrected chi connectivity index (χ3v) is 5.45. The van der Waals surface area contributed by atoms with Gasteiger partial charge in [-0.05, 0) is 30.5 Å². The van der Waals surface area contributed by atoms with Gasteiger partial charge in [-0.2, -0.15) is 4.99 Å². The third kappa shape index (κ3) is 2.83. The molecule has 1 amide bonds. The number of carbonyl (C=O) groups excluding carboxylic acids is 1. The molecule has 4 aromatic rings. The van der Waals surface area contributed by atoms with E-state index in [-0.39, 0.29) is 5.91 Å². The van der Waals surface area contributed by atoms with E-state index >= 15 is 0 Å². The van der Waals surface area contributed by atoms with Gasteiger partial charge in [-0.3, -0.25) is 4.79 Å². The van der Waals surface area contributed by atoms with E-state index < -0.39 is 0 Å². The topological polar surface area (TPSA) is 34.4 Å². The standard InChI is InChI=1S/C22H16N2OS/c1-3-14-24-19-13-12-16-6-4-5-7-18(16)20(19)26-22(24)23-21(25)17-10-8-15(2)9-11-17/h1,4-13H,14H2,2H3. The van der Waals surface area contributed by atoms with E-state index in [4.69, 9.17) is 6.42 Å². The van der Waals surface area contributed by atoms with Crippen LogP contribution in [0, 0.1) is 19.3 Å². The minimum atomic E-state index is -0.258. The van der Waals surface area contributed by atoms with Crippen LogP contribution < -0.4 is 4.80 Å². The van der Waals surface area contributed by atoms with Crippen LogP contribution in [0.4, 0.5) is 0 Å². The summed E-state index contributed by atoms with van der Waals surface area (Å²) >= 11 is 1.50. The first-order chi connectivity index (χ1) is 12.7. The number of terminal acetylenes is 1. The van der Waals surface area contributed by atoms with Crippen molar-refractivity contribution in [3.8, 4) is 12.3 Å². The molecule has 26 heavy (non-hydrogen) atoms. The van der Waals surface area contributed by atoms with E-state index in [9.17, 15) is 4.79 Å². The number of aromatic nitrogens is 1. The second kappa shape index (κ2) is 6.62. The van der Waals surface area contributed by atoms with Crippen molar-refractivity contribution in [3.05, 3.63) is 76.6 Å². The molecule has 0 aliphatic carbocycles. The molecule has 0 unspecified atom stereocenters. The Hall–Kier alpha value is -3.16. The molecule has 0 aliphatic heterocycles. The normalized spacial score (nSPS) is 11.8. The summed E-state index contributed by atoms with van der Waals surface area (Å²) in [5.41, 5.74) is 2.68. The van der Waals surface area contributed by atoms with Crippen molar-refractivity contribution >= 4 is 38.2 Å². The van der Waals surface area contributed by atoms with Crippen molar-refractivity contribution < 1.29 is 4.79 Å². The molecule has 126 valence electrons. The average molecular weight is 356 g/mol. The lowest BCUT2D eigenvalue weighted by molar-refractivity contribution is 0.0998. The van der Waals surface area contributed by atoms with Crippen LogP contribution in [0.15, 0.2) is 65.7 Å². The lowest BCUT2D eigenvalue weighted by atomic mass is 10.1. The summed E-state index contributed by atoms with van der Waals surface area (Å²) in [5.74, 6) is 2.41. The van der Waals surface area contributed by atoms with Crippen LogP contribution in [0.2, 0.25) is 0 Å². The summed E-state index contributed by atoms with van der Waals surface area (Å²) in [5, 5.41) is 2.30. The molecule has 3 aromatic carbocycles. The number of thiazole rings is 1. The molecule has 4 heteroatoms. The van der Waals surface area contributed by atoms with E-state index in [1.165, 1.54) is 11.3 Å². The Morgan fingerprint density at radius 2 is 1.88 bits per heavy atom. The molecule has 0 aliphatic rings. The van der Waals surface area contributed by atoms with Gasteiger partial charge in [0.1, 0.15) is 0 Å². The van der Waals surface area contributed by atoms with Crippen LogP contribution >= 0.6 is 11.3 Å². The molecule has 3 nitrogen and oxygen atoms in total. The Bertz CT molecular complexity index is 1240. The summed E-state index contributed by atoms with van der Waals surface area (Å²) in [7, 11) is 0. The van der Waals surface area contributed by atoms with Gasteiger partial charge in [0.25, 0.3) is 5.91 Å². The van der Waals surface area contributed by atoms with Crippen molar-refractivity contribution in [2.24, 2.45) is 4.99 Å². The van der Waals surface area contributed by atoms with Crippen molar-refractivity contribution in [1.82, 2.24) is 4.57 Å². The number of amides is 1. The fraction of sp³-hybridized carbons (Fsp3) is 0.0909. The molecular weight excluding hydrogens is 340 g/mol. The second-order valence-electron chi connectivity index (χ2n) is 6.09. The molecule has 0 saturated carbocycles. The van der Waals surface area contributed by atoms with Crippen LogP contribution in [0.5, 0.6) is 0 Å². The first kappa shape index (κ1) is 16.3. The zero-order valence-corrected chi connectivity index (χ0v) is 15.1. The monoisotopic (exact) mass is 356 g/mol. The zero-order chi connectivity index (χ0) is 18.1. The number of fused-ring (bicyclic) bond motifs is 3. The van der Waals surface area contributed by atoms with Crippen molar-refractivity contribution in [3.63, 3.8) is 0 Å². The van der Waals surface area contributed by atoms with Gasteiger partial charge in [0.15, 0.2) is 4.80 Å². The van der Waals surface area contributed by atoms with E-state index in [0.29, 0.717) is 16.9 Å². The summed E-state index contributed by atoms with van der Waals surface area (Å²) in [6, 6.07) is 19.7. The van der Waals surface area contributed by atoms with E-state index in [2.05, 4.69) is 29.1 Å². The van der Waals surface area contributed by atoms with E-state index in [1.54, 1.807) is 12.1 Å². The molecule has 0 atom stereocenters. The predicted molar refractivity (Wildman–Crippen MR) is 107 cm³/mol. The van der Waals surface area contributed by atoms with Crippen molar-refractivity contribution in [2.45, 2.75) is 13.5 Å². The van der Waals surface area contributed by atoms with Gasteiger partial charge in [-0.25, -0.2) is 0 Å². The lowest BCUT2D eigenvalue weighted by Crippen LogP contribution is -2.16. The fourth-order valence-corrected chi connectivity index (χ4v) is 4.14. The number of carbonyl (C=O) groups is 1. The highest BCUT2D eigenvalue weighted by Gasteiger charge is 2.11. The smallest absolute Gasteiger partial charge is 0.279 e. The zero-order valence-electron chi connectivity index (χ0n) is 14.3. The lowest BCUT2D eigenvalue weighted by Gasteiger charge is -2.02. The molecule has 0 bridgehead atoms. The molecule has 0 N–H and O–H groups in total. The Balaban J connectivity index is 1.95. The second-order valence-corrected chi connectivity index (χ2v) is 7.07. The van der Waals surface area contributed by atoms with Gasteiger partial charge in [0.2, 0.25) is 0 Å². The van der Waals surface area contributed by atoms with Crippen molar-refractivity contribution in [1.29, 1.82) is 0 Å². The van der Waals surface area contributed by atoms with E-state index in [1.807, 2.05) is 41.8 Å². The number of rotatable bonds is 2. The van der Waals surface area contributed by atoms with Gasteiger partial charge in [-0.1, -0.05) is 65.3 Å². The van der Waals surface area contributed by atoms with Crippen LogP contribution in [-0.2, 0) is 6.54 Å².